The molecular formula is C16H22ClN3O2. The SMILES string of the molecule is COC1(c2nc3c([C@@H](C)N)cc(C)cc3c(=O)n2C)CC1.Cl. The van der Waals surface area contributed by atoms with E-state index in [1.54, 1.807) is 18.7 Å². The minimum atomic E-state index is -0.401. The summed E-state index contributed by atoms with van der Waals surface area (Å²) in [5, 5.41) is 0.625. The van der Waals surface area contributed by atoms with E-state index < -0.39 is 5.60 Å². The molecule has 0 spiro atoms. The maximum Gasteiger partial charge on any atom is 0.261 e. The van der Waals surface area contributed by atoms with Crippen molar-refractivity contribution in [2.75, 3.05) is 7.11 Å². The van der Waals surface area contributed by atoms with Crippen LogP contribution in [-0.2, 0) is 17.4 Å². The lowest BCUT2D eigenvalue weighted by Gasteiger charge is -2.19. The van der Waals surface area contributed by atoms with Crippen LogP contribution in [0, 0.1) is 6.92 Å². The summed E-state index contributed by atoms with van der Waals surface area (Å²) in [5.74, 6) is 0.702. The Hall–Kier alpha value is -1.43. The van der Waals surface area contributed by atoms with Crippen molar-refractivity contribution in [3.05, 3.63) is 39.4 Å². The molecule has 1 aromatic heterocycles. The van der Waals surface area contributed by atoms with E-state index in [0.29, 0.717) is 16.7 Å². The molecule has 1 aromatic carbocycles. The molecule has 1 atom stereocenters. The van der Waals surface area contributed by atoms with Crippen molar-refractivity contribution < 1.29 is 4.74 Å². The first kappa shape index (κ1) is 16.9. The molecule has 0 amide bonds. The van der Waals surface area contributed by atoms with E-state index >= 15 is 0 Å². The first-order chi connectivity index (χ1) is 9.89. The zero-order valence-corrected chi connectivity index (χ0v) is 14.2. The van der Waals surface area contributed by atoms with Gasteiger partial charge >= 0.3 is 0 Å². The van der Waals surface area contributed by atoms with Gasteiger partial charge in [0.05, 0.1) is 10.9 Å². The van der Waals surface area contributed by atoms with E-state index in [4.69, 9.17) is 15.5 Å². The third kappa shape index (κ3) is 2.43. The van der Waals surface area contributed by atoms with Crippen LogP contribution in [0.2, 0.25) is 0 Å². The molecule has 5 nitrogen and oxygen atoms in total. The molecule has 0 saturated heterocycles. The Morgan fingerprint density at radius 3 is 2.55 bits per heavy atom. The average molecular weight is 324 g/mol. The standard InChI is InChI=1S/C16H21N3O2.ClH/c1-9-7-11(10(2)17)13-12(8-9)14(20)19(3)15(18-13)16(21-4)5-6-16;/h7-8,10H,5-6,17H2,1-4H3;1H/t10-;/m1./s1. The molecule has 1 aliphatic carbocycles. The number of aromatic nitrogens is 2. The van der Waals surface area contributed by atoms with Gasteiger partial charge in [0, 0.05) is 20.2 Å². The zero-order chi connectivity index (χ0) is 15.4. The Morgan fingerprint density at radius 1 is 1.41 bits per heavy atom. The average Bonchev–Trinajstić information content (AvgIpc) is 3.23. The molecule has 0 bridgehead atoms. The van der Waals surface area contributed by atoms with Crippen LogP contribution in [0.25, 0.3) is 10.9 Å². The Balaban J connectivity index is 0.00000176. The fourth-order valence-corrected chi connectivity index (χ4v) is 2.94. The van der Waals surface area contributed by atoms with Crippen LogP contribution >= 0.6 is 12.4 Å². The summed E-state index contributed by atoms with van der Waals surface area (Å²) >= 11 is 0. The highest BCUT2D eigenvalue weighted by Gasteiger charge is 2.48. The first-order valence-corrected chi connectivity index (χ1v) is 7.22. The Kier molecular flexibility index (Phi) is 4.35. The van der Waals surface area contributed by atoms with Crippen LogP contribution in [0.5, 0.6) is 0 Å². The molecule has 1 aliphatic rings. The van der Waals surface area contributed by atoms with Gasteiger partial charge in [-0.1, -0.05) is 6.07 Å². The Labute approximate surface area is 135 Å². The van der Waals surface area contributed by atoms with Crippen molar-refractivity contribution in [1.29, 1.82) is 0 Å². The van der Waals surface area contributed by atoms with Crippen LogP contribution in [0.3, 0.4) is 0 Å². The van der Waals surface area contributed by atoms with Gasteiger partial charge in [0.25, 0.3) is 5.56 Å². The summed E-state index contributed by atoms with van der Waals surface area (Å²) in [5.41, 5.74) is 8.27. The van der Waals surface area contributed by atoms with Gasteiger partial charge in [0.15, 0.2) is 0 Å². The summed E-state index contributed by atoms with van der Waals surface area (Å²) < 4.78 is 7.20. The highest BCUT2D eigenvalue weighted by molar-refractivity contribution is 5.85. The maximum atomic E-state index is 12.7. The van der Waals surface area contributed by atoms with Gasteiger partial charge in [0.2, 0.25) is 0 Å². The number of hydrogen-bond acceptors (Lipinski definition) is 4. The molecular weight excluding hydrogens is 302 g/mol. The van der Waals surface area contributed by atoms with Gasteiger partial charge in [-0.25, -0.2) is 4.98 Å². The number of nitrogens with zero attached hydrogens (tertiary/aromatic N) is 2. The van der Waals surface area contributed by atoms with Gasteiger partial charge in [-0.3, -0.25) is 9.36 Å². The topological polar surface area (TPSA) is 70.1 Å². The van der Waals surface area contributed by atoms with E-state index in [-0.39, 0.29) is 24.0 Å². The lowest BCUT2D eigenvalue weighted by Crippen LogP contribution is -2.29. The third-order valence-electron chi connectivity index (χ3n) is 4.35. The fraction of sp³-hybridized carbons (Fsp3) is 0.500. The normalized spacial score (nSPS) is 17.1. The molecule has 1 heterocycles. The number of hydrogen-bond donors (Lipinski definition) is 1. The van der Waals surface area contributed by atoms with E-state index in [1.165, 1.54) is 0 Å². The largest absolute Gasteiger partial charge is 0.370 e. The molecule has 1 saturated carbocycles. The molecule has 1 fully saturated rings. The molecule has 6 heteroatoms. The summed E-state index contributed by atoms with van der Waals surface area (Å²) in [4.78, 5) is 17.5. The van der Waals surface area contributed by atoms with Crippen LogP contribution in [0.15, 0.2) is 16.9 Å². The predicted octanol–water partition coefficient (Wildman–Crippen LogP) is 2.32. The second kappa shape index (κ2) is 5.65. The Morgan fingerprint density at radius 2 is 2.05 bits per heavy atom. The summed E-state index contributed by atoms with van der Waals surface area (Å²) in [6.45, 7) is 3.88. The van der Waals surface area contributed by atoms with Crippen LogP contribution in [-0.4, -0.2) is 16.7 Å². The summed E-state index contributed by atoms with van der Waals surface area (Å²) in [6, 6.07) is 3.72. The number of fused-ring (bicyclic) bond motifs is 1. The number of methoxy groups -OCH3 is 1. The highest BCUT2D eigenvalue weighted by atomic mass is 35.5. The minimum absolute atomic E-state index is 0. The van der Waals surface area contributed by atoms with Gasteiger partial charge in [-0.15, -0.1) is 12.4 Å². The van der Waals surface area contributed by atoms with E-state index in [0.717, 1.165) is 24.0 Å². The second-order valence-corrected chi connectivity index (χ2v) is 6.04. The highest BCUT2D eigenvalue weighted by Crippen LogP contribution is 2.47. The van der Waals surface area contributed by atoms with Gasteiger partial charge in [0.1, 0.15) is 11.4 Å². The maximum absolute atomic E-state index is 12.7. The molecule has 0 unspecified atom stereocenters. The molecule has 2 N–H and O–H groups in total. The fourth-order valence-electron chi connectivity index (χ4n) is 2.94. The van der Waals surface area contributed by atoms with Gasteiger partial charge in [-0.05, 0) is 43.9 Å². The lowest BCUT2D eigenvalue weighted by molar-refractivity contribution is 0.0678. The van der Waals surface area contributed by atoms with Crippen LogP contribution in [0.4, 0.5) is 0 Å². The van der Waals surface area contributed by atoms with E-state index in [9.17, 15) is 4.79 Å². The zero-order valence-electron chi connectivity index (χ0n) is 13.3. The third-order valence-corrected chi connectivity index (χ3v) is 4.35. The number of nitrogens with two attached hydrogens (primary N) is 1. The first-order valence-electron chi connectivity index (χ1n) is 7.22. The lowest BCUT2D eigenvalue weighted by atomic mass is 10.0. The van der Waals surface area contributed by atoms with Crippen molar-refractivity contribution in [1.82, 2.24) is 9.55 Å². The van der Waals surface area contributed by atoms with E-state index in [2.05, 4.69) is 0 Å². The number of halogens is 1. The number of rotatable bonds is 3. The molecule has 3 rings (SSSR count). The number of ether oxygens (including phenoxy) is 1. The van der Waals surface area contributed by atoms with Crippen LogP contribution in [0.1, 0.15) is 42.8 Å². The second-order valence-electron chi connectivity index (χ2n) is 6.04. The Bertz CT molecular complexity index is 779. The van der Waals surface area contributed by atoms with E-state index in [1.807, 2.05) is 26.0 Å². The molecule has 0 aliphatic heterocycles. The summed E-state index contributed by atoms with van der Waals surface area (Å²) in [7, 11) is 3.43. The molecule has 22 heavy (non-hydrogen) atoms. The molecule has 0 radical (unpaired) electrons. The van der Waals surface area contributed by atoms with Crippen LogP contribution < -0.4 is 11.3 Å². The van der Waals surface area contributed by atoms with Crippen molar-refractivity contribution in [2.45, 2.75) is 38.3 Å². The van der Waals surface area contributed by atoms with Gasteiger partial charge in [-0.2, -0.15) is 0 Å². The van der Waals surface area contributed by atoms with Crippen molar-refractivity contribution in [3.8, 4) is 0 Å². The predicted molar refractivity (Wildman–Crippen MR) is 89.5 cm³/mol. The minimum Gasteiger partial charge on any atom is -0.370 e. The monoisotopic (exact) mass is 323 g/mol. The van der Waals surface area contributed by atoms with Crippen molar-refractivity contribution in [3.63, 3.8) is 0 Å². The number of aryl methyl sites for hydroxylation is 1. The van der Waals surface area contributed by atoms with Crippen molar-refractivity contribution >= 4 is 23.3 Å². The van der Waals surface area contributed by atoms with Gasteiger partial charge < -0.3 is 10.5 Å². The quantitative estimate of drug-likeness (QED) is 0.941. The molecule has 2 aromatic rings. The smallest absolute Gasteiger partial charge is 0.261 e. The number of benzene rings is 1. The molecule has 120 valence electrons. The summed E-state index contributed by atoms with van der Waals surface area (Å²) in [6.07, 6.45) is 1.79. The van der Waals surface area contributed by atoms with Crippen molar-refractivity contribution in [2.24, 2.45) is 12.8 Å².